The summed E-state index contributed by atoms with van der Waals surface area (Å²) in [4.78, 5) is 17.6. The smallest absolute Gasteiger partial charge is 0.264 e. The third-order valence-corrected chi connectivity index (χ3v) is 8.30. The molecule has 2 heterocycles. The molecule has 0 aromatic heterocycles. The Hall–Kier alpha value is -3.32. The monoisotopic (exact) mass is 461 g/mol. The lowest BCUT2D eigenvalue weighted by Crippen LogP contribution is -2.48. The number of hydrogen-bond acceptors (Lipinski definition) is 4. The van der Waals surface area contributed by atoms with Crippen LogP contribution in [0.25, 0.3) is 0 Å². The molecule has 1 saturated heterocycles. The van der Waals surface area contributed by atoms with Gasteiger partial charge >= 0.3 is 0 Å². The van der Waals surface area contributed by atoms with Crippen molar-refractivity contribution in [3.63, 3.8) is 0 Å². The van der Waals surface area contributed by atoms with E-state index in [9.17, 15) is 13.2 Å². The maximum absolute atomic E-state index is 13.2. The average Bonchev–Trinajstić information content (AvgIpc) is 3.29. The molecule has 7 heteroatoms. The van der Waals surface area contributed by atoms with Crippen LogP contribution >= 0.6 is 0 Å². The number of fused-ring (bicyclic) bond motifs is 1. The van der Waals surface area contributed by atoms with Crippen molar-refractivity contribution in [2.45, 2.75) is 18.2 Å². The van der Waals surface area contributed by atoms with Gasteiger partial charge in [0.25, 0.3) is 15.9 Å². The zero-order chi connectivity index (χ0) is 23.0. The molecule has 33 heavy (non-hydrogen) atoms. The molecular weight excluding hydrogens is 434 g/mol. The van der Waals surface area contributed by atoms with Gasteiger partial charge in [-0.15, -0.1) is 0 Å². The van der Waals surface area contributed by atoms with Crippen LogP contribution in [0.2, 0.25) is 0 Å². The SMILES string of the molecule is Cc1ccc(S(=O)(=O)N2CCc3cc(C(=O)N4CCN(c5ccccc5)CC4)ccc32)cc1. The number of carbonyl (C=O) groups is 1. The largest absolute Gasteiger partial charge is 0.368 e. The van der Waals surface area contributed by atoms with E-state index in [4.69, 9.17) is 0 Å². The fourth-order valence-electron chi connectivity index (χ4n) is 4.58. The third kappa shape index (κ3) is 4.09. The first-order valence-corrected chi connectivity index (χ1v) is 12.7. The molecule has 0 spiro atoms. The molecule has 0 aliphatic carbocycles. The fourth-order valence-corrected chi connectivity index (χ4v) is 6.08. The Bertz CT molecular complexity index is 1270. The Labute approximate surface area is 195 Å². The highest BCUT2D eigenvalue weighted by Crippen LogP contribution is 2.34. The number of benzene rings is 3. The number of nitrogens with zero attached hydrogens (tertiary/aromatic N) is 3. The number of sulfonamides is 1. The van der Waals surface area contributed by atoms with Gasteiger partial charge in [-0.2, -0.15) is 0 Å². The minimum Gasteiger partial charge on any atom is -0.368 e. The Balaban J connectivity index is 1.30. The Morgan fingerprint density at radius 1 is 0.818 bits per heavy atom. The summed E-state index contributed by atoms with van der Waals surface area (Å²) >= 11 is 0. The number of piperazine rings is 1. The second-order valence-electron chi connectivity index (χ2n) is 8.60. The second-order valence-corrected chi connectivity index (χ2v) is 10.5. The first kappa shape index (κ1) is 21.5. The van der Waals surface area contributed by atoms with Crippen LogP contribution in [0.15, 0.2) is 77.7 Å². The molecular formula is C26H27N3O3S. The van der Waals surface area contributed by atoms with E-state index in [2.05, 4.69) is 17.0 Å². The molecule has 1 amide bonds. The highest BCUT2D eigenvalue weighted by Gasteiger charge is 2.32. The quantitative estimate of drug-likeness (QED) is 0.594. The molecule has 1 fully saturated rings. The van der Waals surface area contributed by atoms with Crippen LogP contribution in [0.5, 0.6) is 0 Å². The zero-order valence-corrected chi connectivity index (χ0v) is 19.5. The van der Waals surface area contributed by atoms with Crippen LogP contribution in [-0.2, 0) is 16.4 Å². The standard InChI is InChI=1S/C26H27N3O3S/c1-20-7-10-24(11-8-20)33(31,32)29-14-13-21-19-22(9-12-25(21)29)26(30)28-17-15-27(16-18-28)23-5-3-2-4-6-23/h2-12,19H,13-18H2,1H3. The molecule has 170 valence electrons. The van der Waals surface area contributed by atoms with Gasteiger partial charge in [-0.25, -0.2) is 8.42 Å². The molecule has 2 aliphatic heterocycles. The topological polar surface area (TPSA) is 60.9 Å². The maximum atomic E-state index is 13.2. The molecule has 0 bridgehead atoms. The first-order valence-electron chi connectivity index (χ1n) is 11.2. The lowest BCUT2D eigenvalue weighted by atomic mass is 10.1. The highest BCUT2D eigenvalue weighted by atomic mass is 32.2. The predicted octanol–water partition coefficient (Wildman–Crippen LogP) is 3.71. The summed E-state index contributed by atoms with van der Waals surface area (Å²) in [5, 5.41) is 0. The summed E-state index contributed by atoms with van der Waals surface area (Å²) in [6, 6.07) is 22.6. The number of para-hydroxylation sites is 1. The summed E-state index contributed by atoms with van der Waals surface area (Å²) in [6.07, 6.45) is 0.601. The summed E-state index contributed by atoms with van der Waals surface area (Å²) in [7, 11) is -3.62. The minimum absolute atomic E-state index is 0.00496. The van der Waals surface area contributed by atoms with E-state index in [1.54, 1.807) is 24.3 Å². The molecule has 3 aromatic rings. The van der Waals surface area contributed by atoms with E-state index < -0.39 is 10.0 Å². The van der Waals surface area contributed by atoms with Gasteiger partial charge in [0.1, 0.15) is 0 Å². The van der Waals surface area contributed by atoms with Gasteiger partial charge in [0.2, 0.25) is 0 Å². The van der Waals surface area contributed by atoms with Gasteiger partial charge in [-0.1, -0.05) is 35.9 Å². The normalized spacial score (nSPS) is 16.1. The summed E-state index contributed by atoms with van der Waals surface area (Å²) in [6.45, 7) is 5.24. The van der Waals surface area contributed by atoms with E-state index in [-0.39, 0.29) is 10.8 Å². The van der Waals surface area contributed by atoms with Crippen molar-refractivity contribution in [2.24, 2.45) is 0 Å². The zero-order valence-electron chi connectivity index (χ0n) is 18.6. The van der Waals surface area contributed by atoms with Crippen LogP contribution in [0.4, 0.5) is 11.4 Å². The second kappa shape index (κ2) is 8.56. The maximum Gasteiger partial charge on any atom is 0.264 e. The van der Waals surface area contributed by atoms with E-state index in [0.717, 1.165) is 24.2 Å². The van der Waals surface area contributed by atoms with Gasteiger partial charge in [0.15, 0.2) is 0 Å². The number of amides is 1. The first-order chi connectivity index (χ1) is 15.9. The van der Waals surface area contributed by atoms with Gasteiger partial charge < -0.3 is 9.80 Å². The highest BCUT2D eigenvalue weighted by molar-refractivity contribution is 7.92. The number of hydrogen-bond donors (Lipinski definition) is 0. The molecule has 3 aromatic carbocycles. The molecule has 0 atom stereocenters. The molecule has 5 rings (SSSR count). The summed E-state index contributed by atoms with van der Waals surface area (Å²) < 4.78 is 27.8. The van der Waals surface area contributed by atoms with Gasteiger partial charge in [-0.3, -0.25) is 9.10 Å². The molecule has 0 unspecified atom stereocenters. The third-order valence-electron chi connectivity index (χ3n) is 6.48. The minimum atomic E-state index is -3.62. The lowest BCUT2D eigenvalue weighted by Gasteiger charge is -2.36. The van der Waals surface area contributed by atoms with E-state index in [1.807, 2.05) is 48.2 Å². The molecule has 0 radical (unpaired) electrons. The van der Waals surface area contributed by atoms with Crippen molar-refractivity contribution in [3.8, 4) is 0 Å². The number of anilines is 2. The van der Waals surface area contributed by atoms with Gasteiger partial charge in [0.05, 0.1) is 10.6 Å². The van der Waals surface area contributed by atoms with Crippen LogP contribution in [0, 0.1) is 6.92 Å². The van der Waals surface area contributed by atoms with Gasteiger partial charge in [-0.05, 0) is 61.4 Å². The van der Waals surface area contributed by atoms with Crippen molar-refractivity contribution in [1.82, 2.24) is 4.90 Å². The van der Waals surface area contributed by atoms with E-state index >= 15 is 0 Å². The average molecular weight is 462 g/mol. The van der Waals surface area contributed by atoms with E-state index in [1.165, 1.54) is 9.99 Å². The van der Waals surface area contributed by atoms with Crippen LogP contribution in [0.1, 0.15) is 21.5 Å². The Kier molecular flexibility index (Phi) is 5.58. The van der Waals surface area contributed by atoms with Gasteiger partial charge in [0, 0.05) is 44.0 Å². The molecule has 6 nitrogen and oxygen atoms in total. The lowest BCUT2D eigenvalue weighted by molar-refractivity contribution is 0.0746. The van der Waals surface area contributed by atoms with Crippen molar-refractivity contribution in [1.29, 1.82) is 0 Å². The Morgan fingerprint density at radius 2 is 1.52 bits per heavy atom. The number of rotatable bonds is 4. The Morgan fingerprint density at radius 3 is 2.21 bits per heavy atom. The summed E-state index contributed by atoms with van der Waals surface area (Å²) in [5.41, 5.74) is 4.39. The molecule has 0 saturated carbocycles. The van der Waals surface area contributed by atoms with Crippen molar-refractivity contribution in [2.75, 3.05) is 41.9 Å². The summed E-state index contributed by atoms with van der Waals surface area (Å²) in [5.74, 6) is 0.00496. The predicted molar refractivity (Wildman–Crippen MR) is 130 cm³/mol. The fraction of sp³-hybridized carbons (Fsp3) is 0.269. The van der Waals surface area contributed by atoms with Crippen molar-refractivity contribution < 1.29 is 13.2 Å². The van der Waals surface area contributed by atoms with Crippen LogP contribution in [0.3, 0.4) is 0 Å². The van der Waals surface area contributed by atoms with Crippen LogP contribution < -0.4 is 9.21 Å². The molecule has 0 N–H and O–H groups in total. The van der Waals surface area contributed by atoms with Crippen molar-refractivity contribution >= 4 is 27.3 Å². The van der Waals surface area contributed by atoms with Crippen LogP contribution in [-0.4, -0.2) is 51.9 Å². The number of aryl methyl sites for hydroxylation is 1. The van der Waals surface area contributed by atoms with E-state index in [0.29, 0.717) is 37.3 Å². The number of carbonyl (C=O) groups excluding carboxylic acids is 1. The molecule has 2 aliphatic rings. The van der Waals surface area contributed by atoms with Crippen molar-refractivity contribution in [3.05, 3.63) is 89.5 Å².